The molecule has 0 saturated carbocycles. The summed E-state index contributed by atoms with van der Waals surface area (Å²) in [5, 5.41) is 8.55. The van der Waals surface area contributed by atoms with Gasteiger partial charge in [-0.05, 0) is 26.0 Å². The van der Waals surface area contributed by atoms with Crippen molar-refractivity contribution in [2.45, 2.75) is 29.7 Å². The van der Waals surface area contributed by atoms with Crippen LogP contribution in [-0.4, -0.2) is 30.3 Å². The first-order valence-electron chi connectivity index (χ1n) is 5.38. The molecule has 1 rings (SSSR count). The molecule has 0 amide bonds. The summed E-state index contributed by atoms with van der Waals surface area (Å²) in [6, 6.07) is 8.08. The molecule has 0 aliphatic rings. The van der Waals surface area contributed by atoms with E-state index in [-0.39, 0.29) is 10.6 Å². The smallest absolute Gasteiger partial charge is 0.180 e. The lowest BCUT2D eigenvalue weighted by atomic mass is 10.1. The van der Waals surface area contributed by atoms with Crippen LogP contribution in [0, 0.1) is 11.8 Å². The van der Waals surface area contributed by atoms with Crippen LogP contribution < -0.4 is 0 Å². The van der Waals surface area contributed by atoms with Crippen LogP contribution in [0.5, 0.6) is 0 Å². The Morgan fingerprint density at radius 3 is 2.39 bits per heavy atom. The standard InChI is InChI=1S/C13H15ClO3S/c1-13(2,15)9-8-11(14)10-18(16,17)12-6-4-3-5-7-12/h3-7,11,15H,10H2,1-2H3/t11-/m0/s1. The number of halogens is 1. The molecular formula is C13H15ClO3S. The zero-order valence-corrected chi connectivity index (χ0v) is 11.8. The SMILES string of the molecule is CC(C)(O)C#C[C@H](Cl)CS(=O)(=O)c1ccccc1. The Morgan fingerprint density at radius 2 is 1.89 bits per heavy atom. The third-order valence-electron chi connectivity index (χ3n) is 2.00. The molecule has 0 unspecified atom stereocenters. The fourth-order valence-electron chi connectivity index (χ4n) is 1.21. The van der Waals surface area contributed by atoms with E-state index in [0.29, 0.717) is 0 Å². The fourth-order valence-corrected chi connectivity index (χ4v) is 3.00. The van der Waals surface area contributed by atoms with Crippen molar-refractivity contribution >= 4 is 21.4 Å². The molecule has 1 atom stereocenters. The fraction of sp³-hybridized carbons (Fsp3) is 0.385. The monoisotopic (exact) mass is 286 g/mol. The van der Waals surface area contributed by atoms with E-state index in [0.717, 1.165) is 0 Å². The Morgan fingerprint density at radius 1 is 1.33 bits per heavy atom. The number of aliphatic hydroxyl groups is 1. The Hall–Kier alpha value is -1.02. The van der Waals surface area contributed by atoms with Crippen molar-refractivity contribution in [2.24, 2.45) is 0 Å². The van der Waals surface area contributed by atoms with E-state index >= 15 is 0 Å². The van der Waals surface area contributed by atoms with Gasteiger partial charge in [-0.25, -0.2) is 8.42 Å². The quantitative estimate of drug-likeness (QED) is 0.681. The highest BCUT2D eigenvalue weighted by atomic mass is 35.5. The summed E-state index contributed by atoms with van der Waals surface area (Å²) in [6.07, 6.45) is 0. The van der Waals surface area contributed by atoms with Crippen molar-refractivity contribution in [3.05, 3.63) is 30.3 Å². The van der Waals surface area contributed by atoms with E-state index in [4.69, 9.17) is 11.6 Å². The largest absolute Gasteiger partial charge is 0.378 e. The molecule has 0 radical (unpaired) electrons. The maximum absolute atomic E-state index is 12.0. The summed E-state index contributed by atoms with van der Waals surface area (Å²) in [5.74, 6) is 4.76. The van der Waals surface area contributed by atoms with E-state index in [1.54, 1.807) is 18.2 Å². The Balaban J connectivity index is 2.82. The van der Waals surface area contributed by atoms with Gasteiger partial charge in [0.2, 0.25) is 0 Å². The van der Waals surface area contributed by atoms with Gasteiger partial charge in [0, 0.05) is 0 Å². The molecule has 0 fully saturated rings. The second-order valence-electron chi connectivity index (χ2n) is 4.39. The summed E-state index contributed by atoms with van der Waals surface area (Å²) in [5.41, 5.74) is -1.18. The number of hydrogen-bond donors (Lipinski definition) is 1. The van der Waals surface area contributed by atoms with E-state index < -0.39 is 20.8 Å². The lowest BCUT2D eigenvalue weighted by Gasteiger charge is -2.08. The Bertz CT molecular complexity index is 547. The third kappa shape index (κ3) is 5.09. The maximum atomic E-state index is 12.0. The molecule has 1 aromatic rings. The highest BCUT2D eigenvalue weighted by molar-refractivity contribution is 7.91. The predicted octanol–water partition coefficient (Wildman–Crippen LogP) is 1.84. The predicted molar refractivity (Wildman–Crippen MR) is 72.2 cm³/mol. The number of sulfone groups is 1. The minimum atomic E-state index is -3.44. The summed E-state index contributed by atoms with van der Waals surface area (Å²) in [4.78, 5) is 0.223. The molecule has 0 aliphatic heterocycles. The van der Waals surface area contributed by atoms with E-state index in [2.05, 4.69) is 11.8 Å². The van der Waals surface area contributed by atoms with Gasteiger partial charge in [-0.15, -0.1) is 11.6 Å². The van der Waals surface area contributed by atoms with E-state index in [9.17, 15) is 13.5 Å². The molecule has 0 aliphatic carbocycles. The lowest BCUT2D eigenvalue weighted by molar-refractivity contribution is 0.143. The second kappa shape index (κ2) is 5.75. The van der Waals surface area contributed by atoms with E-state index in [1.807, 2.05) is 0 Å². The Labute approximate surface area is 113 Å². The molecule has 18 heavy (non-hydrogen) atoms. The zero-order valence-electron chi connectivity index (χ0n) is 10.2. The lowest BCUT2D eigenvalue weighted by Crippen LogP contribution is -2.18. The van der Waals surface area contributed by atoms with Crippen LogP contribution in [0.2, 0.25) is 0 Å². The van der Waals surface area contributed by atoms with Gasteiger partial charge in [0.1, 0.15) is 11.0 Å². The van der Waals surface area contributed by atoms with Gasteiger partial charge in [-0.2, -0.15) is 0 Å². The molecule has 5 heteroatoms. The number of rotatable bonds is 3. The Kier molecular flexibility index (Phi) is 4.80. The topological polar surface area (TPSA) is 54.4 Å². The number of benzene rings is 1. The van der Waals surface area contributed by atoms with Gasteiger partial charge in [-0.1, -0.05) is 30.0 Å². The highest BCUT2D eigenvalue weighted by Crippen LogP contribution is 2.13. The van der Waals surface area contributed by atoms with Crippen LogP contribution in [0.25, 0.3) is 0 Å². The van der Waals surface area contributed by atoms with Crippen molar-refractivity contribution in [3.8, 4) is 11.8 Å². The molecule has 0 saturated heterocycles. The molecule has 1 N–H and O–H groups in total. The minimum absolute atomic E-state index is 0.223. The van der Waals surface area contributed by atoms with Crippen molar-refractivity contribution in [1.29, 1.82) is 0 Å². The number of hydrogen-bond acceptors (Lipinski definition) is 3. The first-order valence-corrected chi connectivity index (χ1v) is 7.46. The molecular weight excluding hydrogens is 272 g/mol. The van der Waals surface area contributed by atoms with Gasteiger partial charge in [-0.3, -0.25) is 0 Å². The van der Waals surface area contributed by atoms with Crippen molar-refractivity contribution in [3.63, 3.8) is 0 Å². The first-order chi connectivity index (χ1) is 8.21. The molecule has 1 aromatic carbocycles. The molecule has 0 bridgehead atoms. The normalized spacial score (nSPS) is 13.6. The van der Waals surface area contributed by atoms with Crippen molar-refractivity contribution in [2.75, 3.05) is 5.75 Å². The van der Waals surface area contributed by atoms with Gasteiger partial charge < -0.3 is 5.11 Å². The molecule has 0 aromatic heterocycles. The first kappa shape index (κ1) is 15.0. The van der Waals surface area contributed by atoms with Crippen LogP contribution in [0.15, 0.2) is 35.2 Å². The molecule has 0 heterocycles. The molecule has 3 nitrogen and oxygen atoms in total. The summed E-state index contributed by atoms with van der Waals surface area (Å²) < 4.78 is 23.9. The minimum Gasteiger partial charge on any atom is -0.378 e. The van der Waals surface area contributed by atoms with Crippen LogP contribution >= 0.6 is 11.6 Å². The van der Waals surface area contributed by atoms with Gasteiger partial charge in [0.15, 0.2) is 9.84 Å². The summed E-state index contributed by atoms with van der Waals surface area (Å²) >= 11 is 5.86. The van der Waals surface area contributed by atoms with Crippen LogP contribution in [0.3, 0.4) is 0 Å². The second-order valence-corrected chi connectivity index (χ2v) is 6.95. The highest BCUT2D eigenvalue weighted by Gasteiger charge is 2.18. The summed E-state index contributed by atoms with van der Waals surface area (Å²) in [6.45, 7) is 3.02. The average Bonchev–Trinajstić information content (AvgIpc) is 2.26. The van der Waals surface area contributed by atoms with Crippen LogP contribution in [0.4, 0.5) is 0 Å². The maximum Gasteiger partial charge on any atom is 0.180 e. The van der Waals surface area contributed by atoms with Gasteiger partial charge in [0.25, 0.3) is 0 Å². The van der Waals surface area contributed by atoms with Crippen LogP contribution in [-0.2, 0) is 9.84 Å². The molecule has 98 valence electrons. The molecule has 0 spiro atoms. The number of alkyl halides is 1. The van der Waals surface area contributed by atoms with Crippen molar-refractivity contribution < 1.29 is 13.5 Å². The van der Waals surface area contributed by atoms with Gasteiger partial charge >= 0.3 is 0 Å². The van der Waals surface area contributed by atoms with Gasteiger partial charge in [0.05, 0.1) is 10.6 Å². The average molecular weight is 287 g/mol. The zero-order chi connectivity index (χ0) is 13.8. The third-order valence-corrected chi connectivity index (χ3v) is 4.21. The van der Waals surface area contributed by atoms with Crippen molar-refractivity contribution in [1.82, 2.24) is 0 Å². The van der Waals surface area contributed by atoms with E-state index in [1.165, 1.54) is 26.0 Å². The summed E-state index contributed by atoms with van der Waals surface area (Å²) in [7, 11) is -3.44. The van der Waals surface area contributed by atoms with Crippen LogP contribution in [0.1, 0.15) is 13.8 Å².